The topological polar surface area (TPSA) is 53.4 Å². The Morgan fingerprint density at radius 1 is 1.53 bits per heavy atom. The van der Waals surface area contributed by atoms with Gasteiger partial charge in [-0.2, -0.15) is 0 Å². The molecule has 4 nitrogen and oxygen atoms in total. The number of carboxylic acids is 1. The zero-order chi connectivity index (χ0) is 11.6. The molecular weight excluding hydrogens is 212 g/mol. The molecule has 0 aliphatic carbocycles. The van der Waals surface area contributed by atoms with E-state index in [4.69, 9.17) is 5.11 Å². The van der Waals surface area contributed by atoms with Crippen molar-refractivity contribution in [3.05, 3.63) is 10.6 Å². The minimum Gasteiger partial charge on any atom is -0.481 e. The van der Waals surface area contributed by atoms with E-state index in [0.29, 0.717) is 0 Å². The Bertz CT molecular complexity index is 358. The number of hydrogen-bond acceptors (Lipinski definition) is 4. The van der Waals surface area contributed by atoms with Crippen LogP contribution < -0.4 is 4.90 Å². The molecule has 0 bridgehead atoms. The van der Waals surface area contributed by atoms with Crippen molar-refractivity contribution < 1.29 is 9.90 Å². The van der Waals surface area contributed by atoms with Crippen molar-refractivity contribution >= 4 is 22.4 Å². The van der Waals surface area contributed by atoms with Crippen LogP contribution in [0.4, 0.5) is 5.13 Å². The van der Waals surface area contributed by atoms with Gasteiger partial charge in [-0.05, 0) is 5.92 Å². The molecule has 0 unspecified atom stereocenters. The molecule has 1 aromatic rings. The quantitative estimate of drug-likeness (QED) is 0.856. The maximum absolute atomic E-state index is 10.7. The molecule has 0 saturated heterocycles. The smallest absolute Gasteiger partial charge is 0.308 e. The molecule has 15 heavy (non-hydrogen) atoms. The summed E-state index contributed by atoms with van der Waals surface area (Å²) in [6, 6.07) is 0. The van der Waals surface area contributed by atoms with Crippen LogP contribution in [-0.4, -0.2) is 30.2 Å². The number of nitrogens with zero attached hydrogens (tertiary/aromatic N) is 2. The Balaban J connectivity index is 3.05. The Morgan fingerprint density at radius 2 is 2.13 bits per heavy atom. The first kappa shape index (κ1) is 12.0. The number of rotatable bonds is 4. The van der Waals surface area contributed by atoms with Gasteiger partial charge in [0, 0.05) is 19.0 Å². The molecule has 0 saturated carbocycles. The van der Waals surface area contributed by atoms with Crippen molar-refractivity contribution in [2.75, 3.05) is 19.0 Å². The number of hydrogen-bond donors (Lipinski definition) is 1. The summed E-state index contributed by atoms with van der Waals surface area (Å²) in [6.07, 6.45) is 0.0685. The van der Waals surface area contributed by atoms with Gasteiger partial charge in [-0.3, -0.25) is 4.79 Å². The van der Waals surface area contributed by atoms with Crippen LogP contribution >= 0.6 is 11.3 Å². The largest absolute Gasteiger partial charge is 0.481 e. The fraction of sp³-hybridized carbons (Fsp3) is 0.600. The molecule has 1 N–H and O–H groups in total. The summed E-state index contributed by atoms with van der Waals surface area (Å²) < 4.78 is 0. The fourth-order valence-electron chi connectivity index (χ4n) is 1.26. The number of thiazole rings is 1. The predicted octanol–water partition coefficient (Wildman–Crippen LogP) is 1.96. The molecule has 5 heteroatoms. The lowest BCUT2D eigenvalue weighted by Gasteiger charge is -2.05. The van der Waals surface area contributed by atoms with E-state index in [-0.39, 0.29) is 12.3 Å². The van der Waals surface area contributed by atoms with E-state index < -0.39 is 5.97 Å². The minimum absolute atomic E-state index is 0.0685. The Kier molecular flexibility index (Phi) is 3.68. The van der Waals surface area contributed by atoms with Crippen LogP contribution in [0.1, 0.15) is 30.3 Å². The highest BCUT2D eigenvalue weighted by molar-refractivity contribution is 7.15. The van der Waals surface area contributed by atoms with Crippen molar-refractivity contribution in [3.63, 3.8) is 0 Å². The molecule has 0 aromatic carbocycles. The van der Waals surface area contributed by atoms with Crippen molar-refractivity contribution in [2.24, 2.45) is 0 Å². The molecule has 1 aromatic heterocycles. The van der Waals surface area contributed by atoms with Crippen LogP contribution in [0.2, 0.25) is 0 Å². The molecule has 0 fully saturated rings. The van der Waals surface area contributed by atoms with E-state index >= 15 is 0 Å². The monoisotopic (exact) mass is 228 g/mol. The van der Waals surface area contributed by atoms with Gasteiger partial charge in [0.25, 0.3) is 0 Å². The summed E-state index contributed by atoms with van der Waals surface area (Å²) in [5.41, 5.74) is 0.908. The Labute approximate surface area is 93.6 Å². The van der Waals surface area contributed by atoms with Crippen LogP contribution in [0.3, 0.4) is 0 Å². The predicted molar refractivity (Wildman–Crippen MR) is 61.9 cm³/mol. The molecule has 0 aliphatic heterocycles. The van der Waals surface area contributed by atoms with Crippen molar-refractivity contribution in [3.8, 4) is 0 Å². The molecule has 0 radical (unpaired) electrons. The van der Waals surface area contributed by atoms with Crippen molar-refractivity contribution in [1.29, 1.82) is 0 Å². The van der Waals surface area contributed by atoms with Crippen LogP contribution in [0.25, 0.3) is 0 Å². The summed E-state index contributed by atoms with van der Waals surface area (Å²) in [6.45, 7) is 4.06. The number of aromatic nitrogens is 1. The summed E-state index contributed by atoms with van der Waals surface area (Å²) in [5.74, 6) is -0.532. The third kappa shape index (κ3) is 2.92. The molecule has 0 atom stereocenters. The van der Waals surface area contributed by atoms with Gasteiger partial charge in [0.2, 0.25) is 0 Å². The van der Waals surface area contributed by atoms with E-state index in [0.717, 1.165) is 15.7 Å². The Morgan fingerprint density at radius 3 is 2.53 bits per heavy atom. The lowest BCUT2D eigenvalue weighted by Crippen LogP contribution is -2.08. The van der Waals surface area contributed by atoms with Crippen LogP contribution in [-0.2, 0) is 11.2 Å². The SMILES string of the molecule is CC(C)c1nc(N(C)C)sc1CC(=O)O. The minimum atomic E-state index is -0.800. The number of aliphatic carboxylic acids is 1. The van der Waals surface area contributed by atoms with E-state index in [2.05, 4.69) is 4.98 Å². The fourth-order valence-corrected chi connectivity index (χ4v) is 2.39. The highest BCUT2D eigenvalue weighted by Gasteiger charge is 2.17. The highest BCUT2D eigenvalue weighted by atomic mass is 32.1. The standard InChI is InChI=1S/C10H16N2O2S/c1-6(2)9-7(5-8(13)14)15-10(11-9)12(3)4/h6H,5H2,1-4H3,(H,13,14). The number of carbonyl (C=O) groups is 1. The third-order valence-corrected chi connectivity index (χ3v) is 3.20. The van der Waals surface area contributed by atoms with Crippen LogP contribution in [0, 0.1) is 0 Å². The Hall–Kier alpha value is -1.10. The van der Waals surface area contributed by atoms with Gasteiger partial charge < -0.3 is 10.0 Å². The van der Waals surface area contributed by atoms with Gasteiger partial charge in [-0.1, -0.05) is 13.8 Å². The van der Waals surface area contributed by atoms with Gasteiger partial charge in [-0.25, -0.2) is 4.98 Å². The zero-order valence-corrected chi connectivity index (χ0v) is 10.3. The first-order valence-corrected chi connectivity index (χ1v) is 5.62. The number of anilines is 1. The first-order valence-electron chi connectivity index (χ1n) is 4.80. The van der Waals surface area contributed by atoms with Crippen molar-refractivity contribution in [1.82, 2.24) is 4.98 Å². The van der Waals surface area contributed by atoms with E-state index in [9.17, 15) is 4.79 Å². The van der Waals surface area contributed by atoms with E-state index in [1.807, 2.05) is 32.8 Å². The lowest BCUT2D eigenvalue weighted by atomic mass is 10.1. The van der Waals surface area contributed by atoms with Gasteiger partial charge in [0.15, 0.2) is 5.13 Å². The highest BCUT2D eigenvalue weighted by Crippen LogP contribution is 2.30. The second kappa shape index (κ2) is 4.61. The molecule has 0 aliphatic rings. The summed E-state index contributed by atoms with van der Waals surface area (Å²) >= 11 is 1.46. The lowest BCUT2D eigenvalue weighted by molar-refractivity contribution is -0.136. The zero-order valence-electron chi connectivity index (χ0n) is 9.44. The molecular formula is C10H16N2O2S. The maximum atomic E-state index is 10.7. The summed E-state index contributed by atoms with van der Waals surface area (Å²) in [7, 11) is 3.82. The average Bonchev–Trinajstić information content (AvgIpc) is 2.46. The summed E-state index contributed by atoms with van der Waals surface area (Å²) in [4.78, 5) is 17.9. The normalized spacial score (nSPS) is 10.7. The second-order valence-electron chi connectivity index (χ2n) is 3.92. The average molecular weight is 228 g/mol. The molecule has 84 valence electrons. The van der Waals surface area contributed by atoms with Gasteiger partial charge in [-0.15, -0.1) is 11.3 Å². The maximum Gasteiger partial charge on any atom is 0.308 e. The molecule has 1 rings (SSSR count). The van der Waals surface area contributed by atoms with E-state index in [1.54, 1.807) is 0 Å². The molecule has 0 spiro atoms. The van der Waals surface area contributed by atoms with E-state index in [1.165, 1.54) is 11.3 Å². The van der Waals surface area contributed by atoms with Gasteiger partial charge >= 0.3 is 5.97 Å². The number of carboxylic acid groups (broad SMARTS) is 1. The van der Waals surface area contributed by atoms with Crippen LogP contribution in [0.5, 0.6) is 0 Å². The third-order valence-electron chi connectivity index (χ3n) is 1.96. The second-order valence-corrected chi connectivity index (χ2v) is 4.99. The van der Waals surface area contributed by atoms with Crippen LogP contribution in [0.15, 0.2) is 0 Å². The van der Waals surface area contributed by atoms with Gasteiger partial charge in [0.1, 0.15) is 0 Å². The van der Waals surface area contributed by atoms with Crippen molar-refractivity contribution in [2.45, 2.75) is 26.2 Å². The van der Waals surface area contributed by atoms with Gasteiger partial charge in [0.05, 0.1) is 12.1 Å². The molecule has 1 heterocycles. The summed E-state index contributed by atoms with van der Waals surface area (Å²) in [5, 5.41) is 9.66. The first-order chi connectivity index (χ1) is 6.91. The molecule has 0 amide bonds.